The minimum atomic E-state index is 0.0395. The second kappa shape index (κ2) is 4.49. The lowest BCUT2D eigenvalue weighted by atomic mass is 9.97. The third kappa shape index (κ3) is 2.01. The molecule has 2 rings (SSSR count). The van der Waals surface area contributed by atoms with Crippen molar-refractivity contribution < 1.29 is 4.79 Å². The van der Waals surface area contributed by atoms with Gasteiger partial charge in [0.05, 0.1) is 6.04 Å². The average Bonchev–Trinajstić information content (AvgIpc) is 2.70. The number of nitrogens with zero attached hydrogens (tertiary/aromatic N) is 1. The highest BCUT2D eigenvalue weighted by atomic mass is 16.2. The summed E-state index contributed by atoms with van der Waals surface area (Å²) in [5.74, 6) is 0.890. The van der Waals surface area contributed by atoms with Gasteiger partial charge in [-0.1, -0.05) is 13.3 Å². The first-order valence-corrected chi connectivity index (χ1v) is 5.98. The predicted molar refractivity (Wildman–Crippen MR) is 59.6 cm³/mol. The molecule has 2 fully saturated rings. The largest absolute Gasteiger partial charge is 0.353 e. The van der Waals surface area contributed by atoms with E-state index >= 15 is 0 Å². The standard InChI is InChI=1S/C11H21N3O/c1-3-9-6-12-7-10(9)14-5-4-13-11(15)8(14)2/h8-10,12H,3-7H2,1-2H3,(H,13,15). The van der Waals surface area contributed by atoms with E-state index < -0.39 is 0 Å². The van der Waals surface area contributed by atoms with Gasteiger partial charge in [0, 0.05) is 25.7 Å². The molecule has 2 saturated heterocycles. The topological polar surface area (TPSA) is 44.4 Å². The van der Waals surface area contributed by atoms with E-state index in [1.807, 2.05) is 6.92 Å². The molecule has 0 aromatic heterocycles. The van der Waals surface area contributed by atoms with Gasteiger partial charge in [-0.2, -0.15) is 0 Å². The van der Waals surface area contributed by atoms with Gasteiger partial charge >= 0.3 is 0 Å². The van der Waals surface area contributed by atoms with Crippen LogP contribution in [0.15, 0.2) is 0 Å². The molecule has 0 radical (unpaired) electrons. The molecule has 4 nitrogen and oxygen atoms in total. The second-order valence-electron chi connectivity index (χ2n) is 4.60. The maximum Gasteiger partial charge on any atom is 0.237 e. The van der Waals surface area contributed by atoms with Crippen LogP contribution in [0.3, 0.4) is 0 Å². The van der Waals surface area contributed by atoms with Crippen LogP contribution in [0.5, 0.6) is 0 Å². The summed E-state index contributed by atoms with van der Waals surface area (Å²) in [6.45, 7) is 8.19. The summed E-state index contributed by atoms with van der Waals surface area (Å²) < 4.78 is 0. The smallest absolute Gasteiger partial charge is 0.237 e. The Bertz CT molecular complexity index is 244. The number of carbonyl (C=O) groups excluding carboxylic acids is 1. The average molecular weight is 211 g/mol. The summed E-state index contributed by atoms with van der Waals surface area (Å²) in [5.41, 5.74) is 0. The number of hydrogen-bond donors (Lipinski definition) is 2. The maximum atomic E-state index is 11.6. The molecule has 0 saturated carbocycles. The van der Waals surface area contributed by atoms with Crippen molar-refractivity contribution in [2.24, 2.45) is 5.92 Å². The molecule has 2 N–H and O–H groups in total. The number of carbonyl (C=O) groups is 1. The zero-order valence-corrected chi connectivity index (χ0v) is 9.62. The van der Waals surface area contributed by atoms with Crippen LogP contribution in [-0.4, -0.2) is 49.1 Å². The Kier molecular flexibility index (Phi) is 3.26. The Hall–Kier alpha value is -0.610. The van der Waals surface area contributed by atoms with Crippen molar-refractivity contribution in [3.05, 3.63) is 0 Å². The highest BCUT2D eigenvalue weighted by Crippen LogP contribution is 2.22. The van der Waals surface area contributed by atoms with Gasteiger partial charge in [-0.15, -0.1) is 0 Å². The molecular formula is C11H21N3O. The van der Waals surface area contributed by atoms with E-state index in [0.717, 1.165) is 26.2 Å². The van der Waals surface area contributed by atoms with Crippen molar-refractivity contribution in [3.63, 3.8) is 0 Å². The number of amides is 1. The summed E-state index contributed by atoms with van der Waals surface area (Å²) >= 11 is 0. The third-order valence-electron chi connectivity index (χ3n) is 3.80. The van der Waals surface area contributed by atoms with Crippen LogP contribution in [0.1, 0.15) is 20.3 Å². The highest BCUT2D eigenvalue weighted by molar-refractivity contribution is 5.82. The molecule has 2 aliphatic rings. The van der Waals surface area contributed by atoms with Crippen molar-refractivity contribution in [2.45, 2.75) is 32.4 Å². The summed E-state index contributed by atoms with van der Waals surface area (Å²) in [4.78, 5) is 14.0. The van der Waals surface area contributed by atoms with Gasteiger partial charge in [0.25, 0.3) is 0 Å². The van der Waals surface area contributed by atoms with Gasteiger partial charge in [0.1, 0.15) is 0 Å². The molecule has 86 valence electrons. The van der Waals surface area contributed by atoms with Crippen LogP contribution >= 0.6 is 0 Å². The molecule has 3 unspecified atom stereocenters. The Labute approximate surface area is 91.4 Å². The zero-order valence-electron chi connectivity index (χ0n) is 9.62. The van der Waals surface area contributed by atoms with Crippen molar-refractivity contribution in [1.29, 1.82) is 0 Å². The number of nitrogens with one attached hydrogen (secondary N) is 2. The second-order valence-corrected chi connectivity index (χ2v) is 4.60. The minimum absolute atomic E-state index is 0.0395. The van der Waals surface area contributed by atoms with Crippen LogP contribution in [0.4, 0.5) is 0 Å². The molecular weight excluding hydrogens is 190 g/mol. The first-order valence-electron chi connectivity index (χ1n) is 5.98. The quantitative estimate of drug-likeness (QED) is 0.665. The molecule has 0 aromatic rings. The Morgan fingerprint density at radius 2 is 2.27 bits per heavy atom. The maximum absolute atomic E-state index is 11.6. The molecule has 1 amide bonds. The van der Waals surface area contributed by atoms with Crippen LogP contribution in [0, 0.1) is 5.92 Å². The van der Waals surface area contributed by atoms with E-state index in [-0.39, 0.29) is 11.9 Å². The van der Waals surface area contributed by atoms with Gasteiger partial charge in [-0.25, -0.2) is 0 Å². The fourth-order valence-electron chi connectivity index (χ4n) is 2.78. The molecule has 0 spiro atoms. The Morgan fingerprint density at radius 3 is 3.00 bits per heavy atom. The molecule has 2 heterocycles. The number of piperazine rings is 1. The van der Waals surface area contributed by atoms with Crippen molar-refractivity contribution in [2.75, 3.05) is 26.2 Å². The molecule has 2 aliphatic heterocycles. The van der Waals surface area contributed by atoms with Crippen LogP contribution in [0.25, 0.3) is 0 Å². The third-order valence-corrected chi connectivity index (χ3v) is 3.80. The highest BCUT2D eigenvalue weighted by Gasteiger charge is 2.36. The minimum Gasteiger partial charge on any atom is -0.353 e. The van der Waals surface area contributed by atoms with Gasteiger partial charge in [-0.05, 0) is 19.4 Å². The monoisotopic (exact) mass is 211 g/mol. The normalized spacial score (nSPS) is 38.0. The molecule has 4 heteroatoms. The molecule has 3 atom stereocenters. The number of rotatable bonds is 2. The molecule has 0 aliphatic carbocycles. The van der Waals surface area contributed by atoms with Gasteiger partial charge in [0.15, 0.2) is 0 Å². The first-order chi connectivity index (χ1) is 7.24. The lowest BCUT2D eigenvalue weighted by Crippen LogP contribution is -2.58. The van der Waals surface area contributed by atoms with Crippen LogP contribution < -0.4 is 10.6 Å². The summed E-state index contributed by atoms with van der Waals surface area (Å²) in [6.07, 6.45) is 1.20. The molecule has 15 heavy (non-hydrogen) atoms. The SMILES string of the molecule is CCC1CNCC1N1CCNC(=O)C1C. The number of hydrogen-bond acceptors (Lipinski definition) is 3. The van der Waals surface area contributed by atoms with Crippen molar-refractivity contribution in [3.8, 4) is 0 Å². The zero-order chi connectivity index (χ0) is 10.8. The predicted octanol–water partition coefficient (Wildman–Crippen LogP) is -0.195. The van der Waals surface area contributed by atoms with E-state index in [0.29, 0.717) is 12.0 Å². The fourth-order valence-corrected chi connectivity index (χ4v) is 2.78. The van der Waals surface area contributed by atoms with E-state index in [1.54, 1.807) is 0 Å². The van der Waals surface area contributed by atoms with E-state index in [1.165, 1.54) is 6.42 Å². The van der Waals surface area contributed by atoms with E-state index in [2.05, 4.69) is 22.5 Å². The lowest BCUT2D eigenvalue weighted by molar-refractivity contribution is -0.129. The fraction of sp³-hybridized carbons (Fsp3) is 0.909. The lowest BCUT2D eigenvalue weighted by Gasteiger charge is -2.39. The van der Waals surface area contributed by atoms with Gasteiger partial charge < -0.3 is 10.6 Å². The van der Waals surface area contributed by atoms with Crippen molar-refractivity contribution >= 4 is 5.91 Å². The summed E-state index contributed by atoms with van der Waals surface area (Å²) in [7, 11) is 0. The first kappa shape index (κ1) is 10.9. The van der Waals surface area contributed by atoms with E-state index in [9.17, 15) is 4.79 Å². The van der Waals surface area contributed by atoms with Gasteiger partial charge in [0.2, 0.25) is 5.91 Å². The van der Waals surface area contributed by atoms with E-state index in [4.69, 9.17) is 0 Å². The Morgan fingerprint density at radius 1 is 1.47 bits per heavy atom. The summed E-state index contributed by atoms with van der Waals surface area (Å²) in [5, 5.41) is 6.35. The Balaban J connectivity index is 2.05. The van der Waals surface area contributed by atoms with Crippen molar-refractivity contribution in [1.82, 2.24) is 15.5 Å². The van der Waals surface area contributed by atoms with Gasteiger partial charge in [-0.3, -0.25) is 9.69 Å². The molecule has 0 bridgehead atoms. The van der Waals surface area contributed by atoms with Crippen LogP contribution in [0.2, 0.25) is 0 Å². The van der Waals surface area contributed by atoms with Crippen LogP contribution in [-0.2, 0) is 4.79 Å². The summed E-state index contributed by atoms with van der Waals surface area (Å²) in [6, 6.07) is 0.591. The molecule has 0 aromatic carbocycles.